The molecule has 1 nitrogen and oxygen atoms in total. The van der Waals surface area contributed by atoms with Crippen LogP contribution in [0, 0.1) is 6.92 Å². The fraction of sp³-hybridized carbons (Fsp3) is 0.200. The number of rotatable bonds is 3. The molecule has 76 valence electrons. The highest BCUT2D eigenvalue weighted by atomic mass is 35.5. The highest BCUT2D eigenvalue weighted by Gasteiger charge is 1.98. The number of hydrogen-bond donors (Lipinski definition) is 1. The van der Waals surface area contributed by atoms with Crippen LogP contribution in [0.4, 0.5) is 5.69 Å². The molecule has 0 unspecified atom stereocenters. The summed E-state index contributed by atoms with van der Waals surface area (Å²) < 4.78 is 0. The van der Waals surface area contributed by atoms with Crippen LogP contribution in [0.1, 0.15) is 5.56 Å². The second kappa shape index (κ2) is 5.54. The molecule has 1 aromatic rings. The number of anilines is 1. The monoisotopic (exact) mass is 247 g/mol. The van der Waals surface area contributed by atoms with Gasteiger partial charge in [0.25, 0.3) is 0 Å². The minimum Gasteiger partial charge on any atom is -0.399 e. The van der Waals surface area contributed by atoms with Crippen LogP contribution in [-0.4, -0.2) is 5.75 Å². The molecule has 0 aliphatic heterocycles. The largest absolute Gasteiger partial charge is 0.399 e. The lowest BCUT2D eigenvalue weighted by Crippen LogP contribution is -1.89. The van der Waals surface area contributed by atoms with Gasteiger partial charge in [0.15, 0.2) is 0 Å². The van der Waals surface area contributed by atoms with Gasteiger partial charge in [0, 0.05) is 26.9 Å². The first-order chi connectivity index (χ1) is 6.63. The van der Waals surface area contributed by atoms with Crippen LogP contribution in [0.3, 0.4) is 0 Å². The molecule has 14 heavy (non-hydrogen) atoms. The van der Waals surface area contributed by atoms with Gasteiger partial charge >= 0.3 is 0 Å². The van der Waals surface area contributed by atoms with Crippen LogP contribution in [-0.2, 0) is 0 Å². The van der Waals surface area contributed by atoms with Crippen molar-refractivity contribution < 1.29 is 0 Å². The maximum absolute atomic E-state index is 5.77. The van der Waals surface area contributed by atoms with Gasteiger partial charge in [0.05, 0.1) is 0 Å². The van der Waals surface area contributed by atoms with Crippen LogP contribution in [0.25, 0.3) is 0 Å². The average Bonchev–Trinajstić information content (AvgIpc) is 2.19. The molecule has 0 saturated carbocycles. The molecule has 2 N–H and O–H groups in total. The molecule has 0 fully saturated rings. The molecule has 1 aromatic carbocycles. The first kappa shape index (κ1) is 11.8. The summed E-state index contributed by atoms with van der Waals surface area (Å²) in [5.74, 6) is 0.689. The molecule has 0 atom stereocenters. The smallest absolute Gasteiger partial charge is 0.0396 e. The maximum atomic E-state index is 5.77. The van der Waals surface area contributed by atoms with Crippen molar-refractivity contribution in [2.45, 2.75) is 11.8 Å². The topological polar surface area (TPSA) is 26.0 Å². The minimum absolute atomic E-state index is 0.645. The van der Waals surface area contributed by atoms with Gasteiger partial charge in [-0.15, -0.1) is 11.8 Å². The summed E-state index contributed by atoms with van der Waals surface area (Å²) in [4.78, 5) is 1.15. The lowest BCUT2D eigenvalue weighted by Gasteiger charge is -2.03. The van der Waals surface area contributed by atoms with Gasteiger partial charge in [-0.2, -0.15) is 0 Å². The van der Waals surface area contributed by atoms with E-state index < -0.39 is 0 Å². The SMILES string of the molecule is Cc1cc(SC/C(Cl)=C/Cl)ccc1N. The third kappa shape index (κ3) is 3.45. The number of nitrogen functional groups attached to an aromatic ring is 1. The Labute approximate surface area is 98.3 Å². The third-order valence-electron chi connectivity index (χ3n) is 1.74. The minimum atomic E-state index is 0.645. The van der Waals surface area contributed by atoms with Crippen molar-refractivity contribution in [1.29, 1.82) is 0 Å². The molecular formula is C10H11Cl2NS. The zero-order valence-electron chi connectivity index (χ0n) is 7.76. The fourth-order valence-electron chi connectivity index (χ4n) is 0.922. The van der Waals surface area contributed by atoms with Crippen molar-refractivity contribution in [1.82, 2.24) is 0 Å². The quantitative estimate of drug-likeness (QED) is 0.646. The highest BCUT2D eigenvalue weighted by Crippen LogP contribution is 2.25. The van der Waals surface area contributed by atoms with E-state index in [9.17, 15) is 0 Å². The Hall–Kier alpha value is -0.310. The number of hydrogen-bond acceptors (Lipinski definition) is 2. The van der Waals surface area contributed by atoms with Gasteiger partial charge in [-0.3, -0.25) is 0 Å². The second-order valence-electron chi connectivity index (χ2n) is 2.86. The molecular weight excluding hydrogens is 237 g/mol. The number of benzene rings is 1. The Bertz CT molecular complexity index is 350. The maximum Gasteiger partial charge on any atom is 0.0396 e. The van der Waals surface area contributed by atoms with Crippen molar-refractivity contribution in [3.63, 3.8) is 0 Å². The number of aryl methyl sites for hydroxylation is 1. The van der Waals surface area contributed by atoms with E-state index in [2.05, 4.69) is 0 Å². The average molecular weight is 248 g/mol. The third-order valence-corrected chi connectivity index (χ3v) is 3.56. The summed E-state index contributed by atoms with van der Waals surface area (Å²) in [7, 11) is 0. The van der Waals surface area contributed by atoms with Gasteiger partial charge < -0.3 is 5.73 Å². The van der Waals surface area contributed by atoms with E-state index in [0.717, 1.165) is 16.1 Å². The fourth-order valence-corrected chi connectivity index (χ4v) is 2.07. The normalized spacial score (nSPS) is 11.8. The number of thioether (sulfide) groups is 1. The molecule has 0 radical (unpaired) electrons. The van der Waals surface area contributed by atoms with Crippen LogP contribution in [0.5, 0.6) is 0 Å². The Morgan fingerprint density at radius 3 is 2.86 bits per heavy atom. The second-order valence-corrected chi connectivity index (χ2v) is 4.62. The van der Waals surface area contributed by atoms with Crippen molar-refractivity contribution in [3.05, 3.63) is 34.3 Å². The molecule has 4 heteroatoms. The van der Waals surface area contributed by atoms with Crippen molar-refractivity contribution in [2.75, 3.05) is 11.5 Å². The lowest BCUT2D eigenvalue weighted by atomic mass is 10.2. The Balaban J connectivity index is 2.64. The van der Waals surface area contributed by atoms with E-state index in [4.69, 9.17) is 28.9 Å². The number of nitrogens with two attached hydrogens (primary N) is 1. The van der Waals surface area contributed by atoms with E-state index in [1.54, 1.807) is 11.8 Å². The van der Waals surface area contributed by atoms with Crippen molar-refractivity contribution in [3.8, 4) is 0 Å². The summed E-state index contributed by atoms with van der Waals surface area (Å²) in [6.45, 7) is 1.98. The van der Waals surface area contributed by atoms with E-state index in [0.29, 0.717) is 10.8 Å². The molecule has 0 aliphatic rings. The summed E-state index contributed by atoms with van der Waals surface area (Å²) in [5, 5.41) is 0.645. The summed E-state index contributed by atoms with van der Waals surface area (Å²) in [5.41, 5.74) is 8.99. The van der Waals surface area contributed by atoms with Crippen LogP contribution in [0.2, 0.25) is 0 Å². The first-order valence-corrected chi connectivity index (χ1v) is 5.87. The summed E-state index contributed by atoms with van der Waals surface area (Å²) >= 11 is 12.9. The number of halogens is 2. The van der Waals surface area contributed by atoms with E-state index >= 15 is 0 Å². The molecule has 1 rings (SSSR count). The predicted molar refractivity (Wildman–Crippen MR) is 66.1 cm³/mol. The Kier molecular flexibility index (Phi) is 4.66. The zero-order chi connectivity index (χ0) is 10.6. The molecule has 0 aliphatic carbocycles. The Morgan fingerprint density at radius 1 is 1.57 bits per heavy atom. The zero-order valence-corrected chi connectivity index (χ0v) is 10.1. The predicted octanol–water partition coefficient (Wildman–Crippen LogP) is 3.99. The molecule has 0 heterocycles. The summed E-state index contributed by atoms with van der Waals surface area (Å²) in [6.07, 6.45) is 0. The van der Waals surface area contributed by atoms with E-state index in [1.807, 2.05) is 25.1 Å². The van der Waals surface area contributed by atoms with Crippen LogP contribution < -0.4 is 5.73 Å². The van der Waals surface area contributed by atoms with Gasteiger partial charge in [-0.05, 0) is 30.7 Å². The van der Waals surface area contributed by atoms with E-state index in [1.165, 1.54) is 5.54 Å². The molecule has 0 bridgehead atoms. The van der Waals surface area contributed by atoms with Gasteiger partial charge in [-0.1, -0.05) is 23.2 Å². The highest BCUT2D eigenvalue weighted by molar-refractivity contribution is 7.99. The van der Waals surface area contributed by atoms with Gasteiger partial charge in [-0.25, -0.2) is 0 Å². The summed E-state index contributed by atoms with van der Waals surface area (Å²) in [6, 6.07) is 5.92. The first-order valence-electron chi connectivity index (χ1n) is 4.07. The molecule has 0 aromatic heterocycles. The van der Waals surface area contributed by atoms with E-state index in [-0.39, 0.29) is 0 Å². The standard InChI is InChI=1S/C10H11Cl2NS/c1-7-4-9(2-3-10(7)13)14-6-8(12)5-11/h2-5H,6,13H2,1H3/b8-5-. The van der Waals surface area contributed by atoms with Gasteiger partial charge in [0.1, 0.15) is 0 Å². The Morgan fingerprint density at radius 2 is 2.29 bits per heavy atom. The van der Waals surface area contributed by atoms with Crippen LogP contribution >= 0.6 is 35.0 Å². The van der Waals surface area contributed by atoms with Crippen LogP contribution in [0.15, 0.2) is 33.7 Å². The molecule has 0 saturated heterocycles. The van der Waals surface area contributed by atoms with Crippen molar-refractivity contribution >= 4 is 40.7 Å². The lowest BCUT2D eigenvalue weighted by molar-refractivity contribution is 1.36. The van der Waals surface area contributed by atoms with Gasteiger partial charge in [0.2, 0.25) is 0 Å². The molecule has 0 spiro atoms. The molecule has 0 amide bonds. The van der Waals surface area contributed by atoms with Crippen molar-refractivity contribution in [2.24, 2.45) is 0 Å².